The SMILES string of the molecule is c1ccc([Si](c2ccccc2)(c2ccccc2)c2ccccc2-c2ccc3c(c2)OB2c4cc(-c5ccccc5-n5c6ccccc6c6ccccc65)ccc4Oc4cccc-3c42)cc1. The largest absolute Gasteiger partial charge is 0.551 e. The maximum atomic E-state index is 7.34. The summed E-state index contributed by atoms with van der Waals surface area (Å²) >= 11 is 0. The highest BCUT2D eigenvalue weighted by Gasteiger charge is 2.44. The molecule has 0 spiro atoms. The van der Waals surface area contributed by atoms with Gasteiger partial charge in [-0.15, -0.1) is 0 Å². The van der Waals surface area contributed by atoms with Crippen LogP contribution < -0.4 is 41.1 Å². The first-order chi connectivity index (χ1) is 32.3. The van der Waals surface area contributed by atoms with Crippen LogP contribution in [0.4, 0.5) is 0 Å². The molecule has 0 saturated carbocycles. The lowest BCUT2D eigenvalue weighted by molar-refractivity contribution is 0.479. The first-order valence-corrected chi connectivity index (χ1v) is 24.4. The zero-order chi connectivity index (χ0) is 42.9. The molecule has 0 atom stereocenters. The summed E-state index contributed by atoms with van der Waals surface area (Å²) in [4.78, 5) is 0. The molecule has 2 aliphatic rings. The number of para-hydroxylation sites is 3. The highest BCUT2D eigenvalue weighted by molar-refractivity contribution is 7.20. The van der Waals surface area contributed by atoms with Gasteiger partial charge in [0.25, 0.3) is 0 Å². The van der Waals surface area contributed by atoms with E-state index in [0.717, 1.165) is 61.7 Å². The maximum absolute atomic E-state index is 7.34. The van der Waals surface area contributed by atoms with E-state index in [4.69, 9.17) is 9.39 Å². The van der Waals surface area contributed by atoms with Crippen molar-refractivity contribution in [3.63, 3.8) is 0 Å². The smallest absolute Gasteiger partial charge is 0.434 e. The fourth-order valence-corrected chi connectivity index (χ4v) is 15.9. The number of fused-ring (bicyclic) bond motifs is 7. The minimum Gasteiger partial charge on any atom is -0.551 e. The molecule has 0 amide bonds. The van der Waals surface area contributed by atoms with Gasteiger partial charge in [0.15, 0.2) is 8.07 Å². The molecule has 11 aromatic rings. The van der Waals surface area contributed by atoms with E-state index in [0.29, 0.717) is 0 Å². The molecule has 0 N–H and O–H groups in total. The summed E-state index contributed by atoms with van der Waals surface area (Å²) in [5.74, 6) is 2.51. The quantitative estimate of drug-likeness (QED) is 0.118. The van der Waals surface area contributed by atoms with Gasteiger partial charge in [-0.2, -0.15) is 0 Å². The van der Waals surface area contributed by atoms with Crippen LogP contribution in [0.3, 0.4) is 0 Å². The van der Waals surface area contributed by atoms with Crippen molar-refractivity contribution in [2.45, 2.75) is 0 Å². The third-order valence-electron chi connectivity index (χ3n) is 13.7. The lowest BCUT2D eigenvalue weighted by Crippen LogP contribution is -2.75. The minimum atomic E-state index is -2.84. The molecule has 0 aliphatic carbocycles. The van der Waals surface area contributed by atoms with Crippen LogP contribution in [0.2, 0.25) is 0 Å². The molecule has 2 aliphatic heterocycles. The van der Waals surface area contributed by atoms with E-state index in [2.05, 4.69) is 247 Å². The van der Waals surface area contributed by atoms with Crippen molar-refractivity contribution in [2.24, 2.45) is 0 Å². The van der Waals surface area contributed by atoms with Crippen LogP contribution in [0.15, 0.2) is 243 Å². The van der Waals surface area contributed by atoms with E-state index in [1.54, 1.807) is 0 Å². The highest BCUT2D eigenvalue weighted by atomic mass is 28.3. The van der Waals surface area contributed by atoms with Crippen molar-refractivity contribution in [1.29, 1.82) is 0 Å². The van der Waals surface area contributed by atoms with E-state index >= 15 is 0 Å². The van der Waals surface area contributed by atoms with Crippen molar-refractivity contribution >= 4 is 68.5 Å². The Morgan fingerprint density at radius 1 is 0.369 bits per heavy atom. The molecular weight excluding hydrogens is 806 g/mol. The molecule has 10 aromatic carbocycles. The third-order valence-corrected chi connectivity index (χ3v) is 18.5. The summed E-state index contributed by atoms with van der Waals surface area (Å²) in [5.41, 5.74) is 12.3. The highest BCUT2D eigenvalue weighted by Crippen LogP contribution is 2.42. The van der Waals surface area contributed by atoms with Gasteiger partial charge in [-0.05, 0) is 79.4 Å². The van der Waals surface area contributed by atoms with E-state index < -0.39 is 8.07 Å². The van der Waals surface area contributed by atoms with Crippen molar-refractivity contribution in [2.75, 3.05) is 0 Å². The Bertz CT molecular complexity index is 3470. The summed E-state index contributed by atoms with van der Waals surface area (Å²) in [5, 5.41) is 7.85. The second-order valence-electron chi connectivity index (χ2n) is 17.1. The molecule has 13 rings (SSSR count). The summed E-state index contributed by atoms with van der Waals surface area (Å²) in [7, 11) is -2.84. The lowest BCUT2D eigenvalue weighted by Gasteiger charge is -2.36. The average Bonchev–Trinajstić information content (AvgIpc) is 3.72. The van der Waals surface area contributed by atoms with E-state index in [1.807, 2.05) is 0 Å². The van der Waals surface area contributed by atoms with Gasteiger partial charge in [-0.1, -0.05) is 206 Å². The van der Waals surface area contributed by atoms with Crippen molar-refractivity contribution < 1.29 is 9.39 Å². The topological polar surface area (TPSA) is 23.4 Å². The predicted octanol–water partition coefficient (Wildman–Crippen LogP) is 10.8. The Balaban J connectivity index is 0.963. The molecule has 3 nitrogen and oxygen atoms in total. The molecule has 304 valence electrons. The second-order valence-corrected chi connectivity index (χ2v) is 20.8. The summed E-state index contributed by atoms with van der Waals surface area (Å²) < 4.78 is 16.5. The number of rotatable bonds is 7. The van der Waals surface area contributed by atoms with Gasteiger partial charge in [0.05, 0.1) is 16.7 Å². The number of benzene rings is 10. The maximum Gasteiger partial charge on any atom is 0.434 e. The Labute approximate surface area is 379 Å². The van der Waals surface area contributed by atoms with Gasteiger partial charge in [-0.3, -0.25) is 0 Å². The normalized spacial score (nSPS) is 12.5. The molecule has 0 saturated heterocycles. The zero-order valence-electron chi connectivity index (χ0n) is 35.4. The molecule has 0 bridgehead atoms. The average molecular weight is 846 g/mol. The molecule has 0 unspecified atom stereocenters. The second kappa shape index (κ2) is 15.0. The first-order valence-electron chi connectivity index (χ1n) is 22.4. The van der Waals surface area contributed by atoms with Crippen LogP contribution in [0.5, 0.6) is 17.2 Å². The molecule has 0 fully saturated rings. The number of hydrogen-bond donors (Lipinski definition) is 0. The Morgan fingerprint density at radius 3 is 1.58 bits per heavy atom. The Kier molecular flexibility index (Phi) is 8.65. The number of aromatic nitrogens is 1. The standard InChI is InChI=1S/C60H40BNO2Si/c1-4-19-43(20-5-1)65(44-21-6-2-7-22-44,45-23-8-3-9-24-45)59-34-17-13-26-47(59)42-35-37-50-51-29-18-33-57-60(51)61(64-58(50)40-42)52-39-41(36-38-56(52)63-57)46-25-10-14-30-53(46)62-54-31-15-11-27-48(54)49-28-12-16-32-55(49)62/h1-40H. The lowest BCUT2D eigenvalue weighted by atomic mass is 9.50. The van der Waals surface area contributed by atoms with Gasteiger partial charge in [0.2, 0.25) is 0 Å². The van der Waals surface area contributed by atoms with E-state index in [9.17, 15) is 0 Å². The van der Waals surface area contributed by atoms with Gasteiger partial charge in [0.1, 0.15) is 17.2 Å². The Hall–Kier alpha value is -8.12. The van der Waals surface area contributed by atoms with Crippen LogP contribution in [-0.2, 0) is 0 Å². The fraction of sp³-hybridized carbons (Fsp3) is 0. The summed E-state index contributed by atoms with van der Waals surface area (Å²) in [6.45, 7) is -0.366. The third kappa shape index (κ3) is 5.76. The summed E-state index contributed by atoms with van der Waals surface area (Å²) in [6.07, 6.45) is 0. The predicted molar refractivity (Wildman–Crippen MR) is 273 cm³/mol. The molecule has 65 heavy (non-hydrogen) atoms. The van der Waals surface area contributed by atoms with E-state index in [1.165, 1.54) is 48.1 Å². The molecular formula is C60H40BNO2Si. The van der Waals surface area contributed by atoms with Crippen LogP contribution >= 0.6 is 0 Å². The Morgan fingerprint density at radius 2 is 0.908 bits per heavy atom. The van der Waals surface area contributed by atoms with Crippen LogP contribution in [0.25, 0.3) is 60.9 Å². The molecule has 0 radical (unpaired) electrons. The van der Waals surface area contributed by atoms with Crippen molar-refractivity contribution in [1.82, 2.24) is 4.57 Å². The van der Waals surface area contributed by atoms with Gasteiger partial charge in [-0.25, -0.2) is 0 Å². The monoisotopic (exact) mass is 845 g/mol. The van der Waals surface area contributed by atoms with Gasteiger partial charge < -0.3 is 14.0 Å². The first kappa shape index (κ1) is 37.4. The van der Waals surface area contributed by atoms with Crippen LogP contribution in [0.1, 0.15) is 0 Å². The van der Waals surface area contributed by atoms with Crippen molar-refractivity contribution in [3.05, 3.63) is 243 Å². The van der Waals surface area contributed by atoms with Gasteiger partial charge in [0, 0.05) is 32.8 Å². The molecule has 3 heterocycles. The van der Waals surface area contributed by atoms with Gasteiger partial charge >= 0.3 is 6.92 Å². The number of ether oxygens (including phenoxy) is 1. The number of hydrogen-bond acceptors (Lipinski definition) is 2. The van der Waals surface area contributed by atoms with Crippen molar-refractivity contribution in [3.8, 4) is 56.3 Å². The fourth-order valence-electron chi connectivity index (χ4n) is 10.9. The van der Waals surface area contributed by atoms with E-state index in [-0.39, 0.29) is 6.92 Å². The zero-order valence-corrected chi connectivity index (χ0v) is 36.4. The molecule has 1 aromatic heterocycles. The number of nitrogens with zero attached hydrogens (tertiary/aromatic N) is 1. The van der Waals surface area contributed by atoms with Crippen LogP contribution in [-0.4, -0.2) is 19.6 Å². The van der Waals surface area contributed by atoms with Crippen LogP contribution in [0, 0.1) is 0 Å². The summed E-state index contributed by atoms with van der Waals surface area (Å²) in [6, 6.07) is 88.4. The minimum absolute atomic E-state index is 0.366. The molecule has 5 heteroatoms.